The number of hydrogen-bond acceptors (Lipinski definition) is 3. The van der Waals surface area contributed by atoms with E-state index in [0.29, 0.717) is 21.8 Å². The summed E-state index contributed by atoms with van der Waals surface area (Å²) < 4.78 is 1.88. The Balaban J connectivity index is 2.02. The van der Waals surface area contributed by atoms with Crippen LogP contribution in [0, 0.1) is 6.92 Å². The molecule has 3 nitrogen and oxygen atoms in total. The first-order valence-electron chi connectivity index (χ1n) is 6.16. The Kier molecular flexibility index (Phi) is 3.97. The van der Waals surface area contributed by atoms with Crippen LogP contribution in [0.15, 0.2) is 40.3 Å². The summed E-state index contributed by atoms with van der Waals surface area (Å²) in [4.78, 5) is 16.8. The molecular weight excluding hydrogens is 372 g/mol. The van der Waals surface area contributed by atoms with E-state index in [-0.39, 0.29) is 5.91 Å². The Morgan fingerprint density at radius 3 is 2.95 bits per heavy atom. The summed E-state index contributed by atoms with van der Waals surface area (Å²) in [7, 11) is 0. The predicted molar refractivity (Wildman–Crippen MR) is 91.5 cm³/mol. The summed E-state index contributed by atoms with van der Waals surface area (Å²) in [6.45, 7) is 1.89. The number of amides is 1. The number of hydrogen-bond donors (Lipinski definition) is 1. The summed E-state index contributed by atoms with van der Waals surface area (Å²) in [5, 5.41) is 3.36. The average Bonchev–Trinajstić information content (AvgIpc) is 2.93. The Hall–Kier alpha value is -1.43. The number of nitrogens with zero attached hydrogens (tertiary/aromatic N) is 1. The Morgan fingerprint density at radius 2 is 2.14 bits per heavy atom. The number of aromatic nitrogens is 1. The third-order valence-corrected chi connectivity index (χ3v) is 5.17. The van der Waals surface area contributed by atoms with E-state index in [1.54, 1.807) is 17.6 Å². The topological polar surface area (TPSA) is 42.0 Å². The minimum atomic E-state index is -0.198. The van der Waals surface area contributed by atoms with Crippen LogP contribution in [0.4, 0.5) is 5.69 Å². The monoisotopic (exact) mass is 380 g/mol. The highest BCUT2D eigenvalue weighted by atomic mass is 79.9. The van der Waals surface area contributed by atoms with E-state index in [2.05, 4.69) is 26.2 Å². The van der Waals surface area contributed by atoms with Crippen molar-refractivity contribution in [3.8, 4) is 0 Å². The van der Waals surface area contributed by atoms with E-state index in [9.17, 15) is 4.79 Å². The molecule has 0 unspecified atom stereocenters. The lowest BCUT2D eigenvalue weighted by Gasteiger charge is -2.10. The number of thiazole rings is 1. The molecule has 0 saturated carbocycles. The molecule has 1 N–H and O–H groups in total. The highest BCUT2D eigenvalue weighted by Crippen LogP contribution is 2.33. The fourth-order valence-electron chi connectivity index (χ4n) is 2.06. The number of nitrogens with one attached hydrogen (secondary N) is 1. The number of benzene rings is 2. The maximum atomic E-state index is 12.5. The fourth-order valence-corrected chi connectivity index (χ4v) is 3.31. The van der Waals surface area contributed by atoms with Gasteiger partial charge in [-0.15, -0.1) is 11.3 Å². The summed E-state index contributed by atoms with van der Waals surface area (Å²) in [5.74, 6) is -0.198. The molecule has 0 aliphatic carbocycles. The van der Waals surface area contributed by atoms with Crippen LogP contribution in [0.3, 0.4) is 0 Å². The number of halogens is 2. The van der Waals surface area contributed by atoms with Gasteiger partial charge in [-0.1, -0.05) is 33.6 Å². The molecule has 1 aromatic heterocycles. The van der Waals surface area contributed by atoms with Gasteiger partial charge in [0.1, 0.15) is 5.52 Å². The lowest BCUT2D eigenvalue weighted by Crippen LogP contribution is -2.14. The maximum absolute atomic E-state index is 12.5. The van der Waals surface area contributed by atoms with Crippen LogP contribution in [-0.4, -0.2) is 10.9 Å². The third kappa shape index (κ3) is 2.69. The zero-order valence-electron chi connectivity index (χ0n) is 11.0. The molecule has 106 valence electrons. The summed E-state index contributed by atoms with van der Waals surface area (Å²) >= 11 is 11.1. The van der Waals surface area contributed by atoms with Crippen LogP contribution < -0.4 is 5.32 Å². The van der Waals surface area contributed by atoms with Crippen LogP contribution in [0.1, 0.15) is 15.9 Å². The summed E-state index contributed by atoms with van der Waals surface area (Å²) in [6.07, 6.45) is 0. The van der Waals surface area contributed by atoms with Crippen LogP contribution >= 0.6 is 38.9 Å². The highest BCUT2D eigenvalue weighted by Gasteiger charge is 2.15. The number of carbonyl (C=O) groups is 1. The Morgan fingerprint density at radius 1 is 1.33 bits per heavy atom. The predicted octanol–water partition coefficient (Wildman–Crippen LogP) is 5.27. The SMILES string of the molecule is Cc1c(Br)cccc1C(=O)Nc1c(Cl)ccc2scnc12. The standard InChI is InChI=1S/C15H10BrClN2OS/c1-8-9(3-2-4-10(8)16)15(20)19-13-11(17)5-6-12-14(13)18-7-21-12/h2-7H,1H3,(H,19,20). The van der Waals surface area contributed by atoms with Gasteiger partial charge < -0.3 is 5.32 Å². The minimum Gasteiger partial charge on any atom is -0.319 e. The molecule has 0 fully saturated rings. The summed E-state index contributed by atoms with van der Waals surface area (Å²) in [5.41, 5.74) is 4.50. The van der Waals surface area contributed by atoms with Crippen molar-refractivity contribution in [3.63, 3.8) is 0 Å². The van der Waals surface area contributed by atoms with Gasteiger partial charge in [0.25, 0.3) is 5.91 Å². The normalized spacial score (nSPS) is 10.8. The van der Waals surface area contributed by atoms with Gasteiger partial charge in [0.2, 0.25) is 0 Å². The molecule has 0 aliphatic rings. The first kappa shape index (κ1) is 14.5. The molecule has 21 heavy (non-hydrogen) atoms. The van der Waals surface area contributed by atoms with Crippen LogP contribution in [0.5, 0.6) is 0 Å². The van der Waals surface area contributed by atoms with Crippen molar-refractivity contribution < 1.29 is 4.79 Å². The molecule has 6 heteroatoms. The molecular formula is C15H10BrClN2OS. The van der Waals surface area contributed by atoms with Gasteiger partial charge in [0, 0.05) is 10.0 Å². The Bertz CT molecular complexity index is 847. The number of fused-ring (bicyclic) bond motifs is 1. The van der Waals surface area contributed by atoms with E-state index in [4.69, 9.17) is 11.6 Å². The van der Waals surface area contributed by atoms with Crippen molar-refractivity contribution >= 4 is 60.7 Å². The van der Waals surface area contributed by atoms with Crippen LogP contribution in [0.25, 0.3) is 10.2 Å². The number of rotatable bonds is 2. The second-order valence-corrected chi connectivity index (χ2v) is 6.64. The molecule has 1 heterocycles. The second-order valence-electron chi connectivity index (χ2n) is 4.49. The average molecular weight is 382 g/mol. The van der Waals surface area contributed by atoms with Crippen LogP contribution in [-0.2, 0) is 0 Å². The van der Waals surface area contributed by atoms with Gasteiger partial charge in [-0.2, -0.15) is 0 Å². The molecule has 0 saturated heterocycles. The van der Waals surface area contributed by atoms with Crippen molar-refractivity contribution in [1.29, 1.82) is 0 Å². The van der Waals surface area contributed by atoms with Crippen molar-refractivity contribution in [1.82, 2.24) is 4.98 Å². The zero-order chi connectivity index (χ0) is 15.0. The van der Waals surface area contributed by atoms with Crippen molar-refractivity contribution in [2.24, 2.45) is 0 Å². The molecule has 1 amide bonds. The molecule has 0 spiro atoms. The van der Waals surface area contributed by atoms with E-state index < -0.39 is 0 Å². The maximum Gasteiger partial charge on any atom is 0.256 e. The minimum absolute atomic E-state index is 0.198. The molecule has 3 rings (SSSR count). The van der Waals surface area contributed by atoms with Crippen molar-refractivity contribution in [3.05, 3.63) is 56.5 Å². The highest BCUT2D eigenvalue weighted by molar-refractivity contribution is 9.10. The molecule has 0 aliphatic heterocycles. The van der Waals surface area contributed by atoms with Gasteiger partial charge in [-0.3, -0.25) is 4.79 Å². The first-order valence-corrected chi connectivity index (χ1v) is 8.21. The lowest BCUT2D eigenvalue weighted by atomic mass is 10.1. The largest absolute Gasteiger partial charge is 0.319 e. The summed E-state index contributed by atoms with van der Waals surface area (Å²) in [6, 6.07) is 9.18. The van der Waals surface area contributed by atoms with Gasteiger partial charge in [-0.05, 0) is 36.8 Å². The fraction of sp³-hybridized carbons (Fsp3) is 0.0667. The van der Waals surface area contributed by atoms with E-state index in [1.807, 2.05) is 25.1 Å². The zero-order valence-corrected chi connectivity index (χ0v) is 14.1. The smallest absolute Gasteiger partial charge is 0.256 e. The molecule has 2 aromatic carbocycles. The first-order chi connectivity index (χ1) is 10.1. The van der Waals surface area contributed by atoms with Gasteiger partial charge in [0.15, 0.2) is 0 Å². The van der Waals surface area contributed by atoms with E-state index in [0.717, 1.165) is 14.7 Å². The molecule has 0 radical (unpaired) electrons. The molecule has 3 aromatic rings. The van der Waals surface area contributed by atoms with E-state index >= 15 is 0 Å². The van der Waals surface area contributed by atoms with Crippen LogP contribution in [0.2, 0.25) is 5.02 Å². The quantitative estimate of drug-likeness (QED) is 0.657. The lowest BCUT2D eigenvalue weighted by molar-refractivity contribution is 0.102. The Labute approximate surface area is 139 Å². The van der Waals surface area contributed by atoms with Gasteiger partial charge >= 0.3 is 0 Å². The van der Waals surface area contributed by atoms with Gasteiger partial charge in [-0.25, -0.2) is 4.98 Å². The van der Waals surface area contributed by atoms with Crippen molar-refractivity contribution in [2.75, 3.05) is 5.32 Å². The van der Waals surface area contributed by atoms with Crippen molar-refractivity contribution in [2.45, 2.75) is 6.92 Å². The van der Waals surface area contributed by atoms with Gasteiger partial charge in [0.05, 0.1) is 20.9 Å². The number of carbonyl (C=O) groups excluding carboxylic acids is 1. The molecule has 0 bridgehead atoms. The molecule has 0 atom stereocenters. The van der Waals surface area contributed by atoms with E-state index in [1.165, 1.54) is 11.3 Å². The number of anilines is 1. The second kappa shape index (κ2) is 5.75. The third-order valence-electron chi connectivity index (χ3n) is 3.20.